The van der Waals surface area contributed by atoms with Gasteiger partial charge in [0.2, 0.25) is 5.91 Å². The molecule has 0 bridgehead atoms. The Kier molecular flexibility index (Phi) is 5.63. The van der Waals surface area contributed by atoms with Crippen molar-refractivity contribution in [1.82, 2.24) is 10.4 Å². The lowest BCUT2D eigenvalue weighted by molar-refractivity contribution is -0.384. The average Bonchev–Trinajstić information content (AvgIpc) is 3.24. The van der Waals surface area contributed by atoms with Crippen LogP contribution in [0, 0.1) is 17.0 Å². The lowest BCUT2D eigenvalue weighted by atomic mass is 10.1. The van der Waals surface area contributed by atoms with Crippen molar-refractivity contribution >= 4 is 40.7 Å². The second-order valence-corrected chi connectivity index (χ2v) is 6.83. The number of amides is 1. The predicted molar refractivity (Wildman–Crippen MR) is 102 cm³/mol. The Labute approximate surface area is 162 Å². The molecule has 1 aromatic carbocycles. The summed E-state index contributed by atoms with van der Waals surface area (Å²) in [5.41, 5.74) is 3.70. The molecule has 27 heavy (non-hydrogen) atoms. The number of non-ortho nitro benzene ring substituents is 1. The zero-order chi connectivity index (χ0) is 19.4. The molecule has 0 saturated heterocycles. The number of carbonyl (C=O) groups excluding carboxylic acids is 1. The Balaban J connectivity index is 1.63. The van der Waals surface area contributed by atoms with Gasteiger partial charge >= 0.3 is 0 Å². The van der Waals surface area contributed by atoms with Crippen molar-refractivity contribution in [3.8, 4) is 11.3 Å². The molecule has 138 valence electrons. The highest BCUT2D eigenvalue weighted by Gasteiger charge is 2.13. The van der Waals surface area contributed by atoms with E-state index in [0.29, 0.717) is 22.1 Å². The van der Waals surface area contributed by atoms with Crippen LogP contribution in [0.25, 0.3) is 11.3 Å². The minimum Gasteiger partial charge on any atom is -0.455 e. The number of rotatable bonds is 6. The summed E-state index contributed by atoms with van der Waals surface area (Å²) in [5.74, 6) is 0.538. The van der Waals surface area contributed by atoms with Crippen molar-refractivity contribution in [2.45, 2.75) is 13.3 Å². The van der Waals surface area contributed by atoms with Gasteiger partial charge < -0.3 is 4.42 Å². The van der Waals surface area contributed by atoms with Crippen LogP contribution in [0.5, 0.6) is 0 Å². The number of aromatic nitrogens is 1. The number of thiazole rings is 1. The number of benzene rings is 1. The van der Waals surface area contributed by atoms with Gasteiger partial charge in [0, 0.05) is 28.8 Å². The summed E-state index contributed by atoms with van der Waals surface area (Å²) in [5, 5.41) is 17.4. The Morgan fingerprint density at radius 3 is 2.93 bits per heavy atom. The number of hydrogen-bond donors (Lipinski definition) is 1. The number of nitrogens with zero attached hydrogens (tertiary/aromatic N) is 3. The van der Waals surface area contributed by atoms with Crippen LogP contribution in [0.4, 0.5) is 5.69 Å². The second kappa shape index (κ2) is 8.11. The number of nitro groups is 1. The third-order valence-electron chi connectivity index (χ3n) is 3.42. The fourth-order valence-corrected chi connectivity index (χ4v) is 3.25. The van der Waals surface area contributed by atoms with Crippen molar-refractivity contribution in [3.63, 3.8) is 0 Å². The highest BCUT2D eigenvalue weighted by Crippen LogP contribution is 2.31. The topological polar surface area (TPSA) is 111 Å². The van der Waals surface area contributed by atoms with Crippen LogP contribution in [0.3, 0.4) is 0 Å². The van der Waals surface area contributed by atoms with Gasteiger partial charge in [0.1, 0.15) is 16.5 Å². The first-order valence-electron chi connectivity index (χ1n) is 7.69. The van der Waals surface area contributed by atoms with Crippen LogP contribution >= 0.6 is 22.9 Å². The highest BCUT2D eigenvalue weighted by molar-refractivity contribution is 7.09. The molecule has 8 nitrogen and oxygen atoms in total. The van der Waals surface area contributed by atoms with Crippen LogP contribution in [0.15, 0.2) is 45.2 Å². The quantitative estimate of drug-likeness (QED) is 0.379. The SMILES string of the molecule is Cc1csc(CC(=O)N/N=C\c2ccc(-c3ccc([N+](=O)[O-])cc3Cl)o2)n1. The number of halogens is 1. The highest BCUT2D eigenvalue weighted by atomic mass is 35.5. The Morgan fingerprint density at radius 1 is 1.44 bits per heavy atom. The van der Waals surface area contributed by atoms with E-state index < -0.39 is 4.92 Å². The first kappa shape index (κ1) is 18.7. The van der Waals surface area contributed by atoms with Gasteiger partial charge in [-0.1, -0.05) is 11.6 Å². The van der Waals surface area contributed by atoms with Crippen molar-refractivity contribution in [3.05, 3.63) is 67.3 Å². The standard InChI is InChI=1S/C17H13ClN4O4S/c1-10-9-27-17(20-10)7-16(23)21-19-8-12-3-5-15(26-12)13-4-2-11(22(24)25)6-14(13)18/h2-6,8-9H,7H2,1H3,(H,21,23)/b19-8-. The molecule has 0 spiro atoms. The van der Waals surface area contributed by atoms with E-state index in [1.807, 2.05) is 12.3 Å². The smallest absolute Gasteiger partial charge is 0.270 e. The molecule has 2 aromatic heterocycles. The van der Waals surface area contributed by atoms with Crippen LogP contribution < -0.4 is 5.43 Å². The summed E-state index contributed by atoms with van der Waals surface area (Å²) in [6.07, 6.45) is 1.51. The lowest BCUT2D eigenvalue weighted by Crippen LogP contribution is -2.19. The number of carbonyl (C=O) groups is 1. The van der Waals surface area contributed by atoms with Gasteiger partial charge in [-0.2, -0.15) is 5.10 Å². The van der Waals surface area contributed by atoms with Gasteiger partial charge in [-0.3, -0.25) is 14.9 Å². The molecule has 1 amide bonds. The molecule has 0 fully saturated rings. The van der Waals surface area contributed by atoms with Gasteiger partial charge in [0.15, 0.2) is 0 Å². The summed E-state index contributed by atoms with van der Waals surface area (Å²) in [6.45, 7) is 1.86. The van der Waals surface area contributed by atoms with E-state index in [1.54, 1.807) is 12.1 Å². The minimum absolute atomic E-state index is 0.102. The third kappa shape index (κ3) is 4.78. The molecule has 1 N–H and O–H groups in total. The van der Waals surface area contributed by atoms with Crippen molar-refractivity contribution < 1.29 is 14.1 Å². The van der Waals surface area contributed by atoms with Crippen molar-refractivity contribution in [1.29, 1.82) is 0 Å². The minimum atomic E-state index is -0.522. The molecule has 0 unspecified atom stereocenters. The molecular weight excluding hydrogens is 392 g/mol. The number of furan rings is 1. The van der Waals surface area contributed by atoms with Gasteiger partial charge in [0.25, 0.3) is 5.69 Å². The van der Waals surface area contributed by atoms with E-state index in [-0.39, 0.29) is 23.0 Å². The maximum atomic E-state index is 11.8. The Morgan fingerprint density at radius 2 is 2.26 bits per heavy atom. The van der Waals surface area contributed by atoms with Crippen LogP contribution in [0.2, 0.25) is 5.02 Å². The fraction of sp³-hybridized carbons (Fsp3) is 0.118. The summed E-state index contributed by atoms with van der Waals surface area (Å²) >= 11 is 7.50. The molecule has 10 heteroatoms. The summed E-state index contributed by atoms with van der Waals surface area (Å²) < 4.78 is 5.59. The van der Waals surface area contributed by atoms with E-state index in [4.69, 9.17) is 16.0 Å². The number of nitrogens with one attached hydrogen (secondary N) is 1. The zero-order valence-corrected chi connectivity index (χ0v) is 15.6. The largest absolute Gasteiger partial charge is 0.455 e. The number of hydrogen-bond acceptors (Lipinski definition) is 7. The molecule has 0 aliphatic carbocycles. The normalized spacial score (nSPS) is 11.0. The van der Waals surface area contributed by atoms with Crippen LogP contribution in [-0.4, -0.2) is 22.0 Å². The van der Waals surface area contributed by atoms with Gasteiger partial charge in [0.05, 0.1) is 22.6 Å². The maximum Gasteiger partial charge on any atom is 0.270 e. The van der Waals surface area contributed by atoms with E-state index in [1.165, 1.54) is 35.8 Å². The van der Waals surface area contributed by atoms with E-state index in [2.05, 4.69) is 15.5 Å². The number of aryl methyl sites for hydroxylation is 1. The summed E-state index contributed by atoms with van der Waals surface area (Å²) in [6, 6.07) is 7.42. The molecule has 0 aliphatic rings. The first-order valence-corrected chi connectivity index (χ1v) is 8.95. The van der Waals surface area contributed by atoms with Crippen LogP contribution in [0.1, 0.15) is 16.5 Å². The van der Waals surface area contributed by atoms with E-state index in [9.17, 15) is 14.9 Å². The van der Waals surface area contributed by atoms with Gasteiger partial charge in [-0.15, -0.1) is 11.3 Å². The Hall–Kier alpha value is -3.04. The Bertz CT molecular complexity index is 1030. The average molecular weight is 405 g/mol. The molecule has 0 saturated carbocycles. The molecule has 2 heterocycles. The molecule has 0 atom stereocenters. The maximum absolute atomic E-state index is 11.8. The molecule has 3 rings (SSSR count). The first-order chi connectivity index (χ1) is 12.9. The third-order valence-corrected chi connectivity index (χ3v) is 4.69. The number of hydrazone groups is 1. The van der Waals surface area contributed by atoms with E-state index >= 15 is 0 Å². The van der Waals surface area contributed by atoms with Crippen molar-refractivity contribution in [2.75, 3.05) is 0 Å². The lowest BCUT2D eigenvalue weighted by Gasteiger charge is -2.00. The molecule has 0 aliphatic heterocycles. The molecule has 0 radical (unpaired) electrons. The van der Waals surface area contributed by atoms with Crippen LogP contribution in [-0.2, 0) is 11.2 Å². The monoisotopic (exact) mass is 404 g/mol. The van der Waals surface area contributed by atoms with Gasteiger partial charge in [-0.05, 0) is 25.1 Å². The van der Waals surface area contributed by atoms with Crippen molar-refractivity contribution in [2.24, 2.45) is 5.10 Å². The van der Waals surface area contributed by atoms with Gasteiger partial charge in [-0.25, -0.2) is 10.4 Å². The number of nitro benzene ring substituents is 1. The summed E-state index contributed by atoms with van der Waals surface area (Å²) in [7, 11) is 0. The second-order valence-electron chi connectivity index (χ2n) is 5.48. The summed E-state index contributed by atoms with van der Waals surface area (Å²) in [4.78, 5) is 26.3. The predicted octanol–water partition coefficient (Wildman–Crippen LogP) is 3.97. The van der Waals surface area contributed by atoms with E-state index in [0.717, 1.165) is 5.69 Å². The zero-order valence-electron chi connectivity index (χ0n) is 14.0. The fourth-order valence-electron chi connectivity index (χ4n) is 2.21. The molecular formula is C17H13ClN4O4S. The molecule has 3 aromatic rings.